The van der Waals surface area contributed by atoms with Gasteiger partial charge in [-0.25, -0.2) is 13.2 Å². The lowest BCUT2D eigenvalue weighted by molar-refractivity contribution is -0.885. The van der Waals surface area contributed by atoms with E-state index in [1.807, 2.05) is 43.4 Å². The molecule has 0 saturated carbocycles. The van der Waals surface area contributed by atoms with Crippen LogP contribution in [0.5, 0.6) is 5.75 Å². The molecule has 28 heavy (non-hydrogen) atoms. The maximum Gasteiger partial charge on any atom is 0.279 e. The minimum absolute atomic E-state index is 0.0408. The van der Waals surface area contributed by atoms with Crippen LogP contribution in [-0.2, 0) is 11.3 Å². The van der Waals surface area contributed by atoms with E-state index in [-0.39, 0.29) is 12.2 Å². The number of halogens is 3. The molecule has 1 unspecified atom stereocenters. The average Bonchev–Trinajstić information content (AvgIpc) is 2.67. The number of hydrogen-bond donors (Lipinski definition) is 2. The highest BCUT2D eigenvalue weighted by Crippen LogP contribution is 2.22. The topological polar surface area (TPSA) is 42.8 Å². The molecular formula is C21H20F3N2O2+. The lowest BCUT2D eigenvalue weighted by atomic mass is 10.1. The number of benzene rings is 3. The van der Waals surface area contributed by atoms with Gasteiger partial charge in [0.1, 0.15) is 12.3 Å². The number of quaternary nitrogens is 1. The molecule has 2 N–H and O–H groups in total. The Hall–Kier alpha value is -3.06. The summed E-state index contributed by atoms with van der Waals surface area (Å²) in [5.74, 6) is -4.02. The lowest BCUT2D eigenvalue weighted by Crippen LogP contribution is -3.08. The molecule has 0 saturated heterocycles. The Morgan fingerprint density at radius 1 is 1.00 bits per heavy atom. The molecule has 4 nitrogen and oxygen atoms in total. The second-order valence-corrected chi connectivity index (χ2v) is 6.63. The molecule has 0 aromatic heterocycles. The fourth-order valence-electron chi connectivity index (χ4n) is 3.01. The fourth-order valence-corrected chi connectivity index (χ4v) is 3.01. The van der Waals surface area contributed by atoms with Gasteiger partial charge in [0, 0.05) is 5.56 Å². The third-order valence-corrected chi connectivity index (χ3v) is 4.39. The van der Waals surface area contributed by atoms with Crippen LogP contribution < -0.4 is 15.0 Å². The Bertz CT molecular complexity index is 1020. The van der Waals surface area contributed by atoms with Gasteiger partial charge in [0.05, 0.1) is 19.8 Å². The standard InChI is InChI=1S/C21H19F3N2O2/c1-26(12-19(27)25-18-8-7-17(22)20(23)21(18)24)11-13-3-4-15-10-16(28-2)6-5-14(15)9-13/h3-10H,11-12H2,1-2H3,(H,25,27)/p+1. The predicted molar refractivity (Wildman–Crippen MR) is 101 cm³/mol. The first-order valence-corrected chi connectivity index (χ1v) is 8.68. The van der Waals surface area contributed by atoms with Crippen LogP contribution >= 0.6 is 0 Å². The van der Waals surface area contributed by atoms with Crippen molar-refractivity contribution in [3.63, 3.8) is 0 Å². The quantitative estimate of drug-likeness (QED) is 0.637. The summed E-state index contributed by atoms with van der Waals surface area (Å²) in [6, 6.07) is 13.5. The molecule has 0 aliphatic heterocycles. The van der Waals surface area contributed by atoms with E-state index in [1.54, 1.807) is 7.11 Å². The van der Waals surface area contributed by atoms with Crippen LogP contribution in [0.1, 0.15) is 5.56 Å². The Morgan fingerprint density at radius 3 is 2.46 bits per heavy atom. The molecule has 7 heteroatoms. The van der Waals surface area contributed by atoms with Crippen LogP contribution in [0.4, 0.5) is 18.9 Å². The molecule has 146 valence electrons. The molecular weight excluding hydrogens is 369 g/mol. The van der Waals surface area contributed by atoms with E-state index in [0.29, 0.717) is 6.54 Å². The molecule has 0 aliphatic rings. The van der Waals surface area contributed by atoms with Crippen molar-refractivity contribution >= 4 is 22.4 Å². The summed E-state index contributed by atoms with van der Waals surface area (Å²) in [7, 11) is 3.44. The zero-order chi connectivity index (χ0) is 20.3. The zero-order valence-electron chi connectivity index (χ0n) is 15.5. The van der Waals surface area contributed by atoms with E-state index in [9.17, 15) is 18.0 Å². The molecule has 0 fully saturated rings. The zero-order valence-corrected chi connectivity index (χ0v) is 15.5. The number of amides is 1. The number of carbonyl (C=O) groups is 1. The van der Waals surface area contributed by atoms with Gasteiger partial charge in [-0.05, 0) is 41.1 Å². The normalized spacial score (nSPS) is 12.0. The number of likely N-dealkylation sites (N-methyl/N-ethyl adjacent to an activating group) is 1. The molecule has 0 spiro atoms. The number of rotatable bonds is 6. The van der Waals surface area contributed by atoms with Crippen molar-refractivity contribution in [3.8, 4) is 5.75 Å². The van der Waals surface area contributed by atoms with Gasteiger partial charge in [0.25, 0.3) is 5.91 Å². The van der Waals surface area contributed by atoms with E-state index in [2.05, 4.69) is 5.32 Å². The summed E-state index contributed by atoms with van der Waals surface area (Å²) in [5, 5.41) is 4.39. The summed E-state index contributed by atoms with van der Waals surface area (Å²) in [6.07, 6.45) is 0. The first-order valence-electron chi connectivity index (χ1n) is 8.68. The number of anilines is 1. The van der Waals surface area contributed by atoms with Gasteiger partial charge >= 0.3 is 0 Å². The summed E-state index contributed by atoms with van der Waals surface area (Å²) < 4.78 is 45.1. The van der Waals surface area contributed by atoms with Crippen molar-refractivity contribution in [1.29, 1.82) is 0 Å². The monoisotopic (exact) mass is 389 g/mol. The van der Waals surface area contributed by atoms with Gasteiger partial charge in [-0.1, -0.05) is 18.2 Å². The van der Waals surface area contributed by atoms with E-state index in [1.165, 1.54) is 0 Å². The van der Waals surface area contributed by atoms with Crippen molar-refractivity contribution in [2.24, 2.45) is 0 Å². The molecule has 1 amide bonds. The largest absolute Gasteiger partial charge is 0.497 e. The second kappa shape index (κ2) is 8.31. The summed E-state index contributed by atoms with van der Waals surface area (Å²) >= 11 is 0. The van der Waals surface area contributed by atoms with E-state index in [0.717, 1.165) is 39.1 Å². The highest BCUT2D eigenvalue weighted by Gasteiger charge is 2.17. The maximum atomic E-state index is 13.7. The van der Waals surface area contributed by atoms with Crippen molar-refractivity contribution < 1.29 is 27.6 Å². The predicted octanol–water partition coefficient (Wildman–Crippen LogP) is 2.92. The van der Waals surface area contributed by atoms with Crippen LogP contribution in [0.15, 0.2) is 48.5 Å². The van der Waals surface area contributed by atoms with Crippen LogP contribution in [0.25, 0.3) is 10.8 Å². The molecule has 1 atom stereocenters. The van der Waals surface area contributed by atoms with E-state index in [4.69, 9.17) is 4.74 Å². The third kappa shape index (κ3) is 4.43. The van der Waals surface area contributed by atoms with Gasteiger partial charge in [0.15, 0.2) is 24.0 Å². The first kappa shape index (κ1) is 19.7. The highest BCUT2D eigenvalue weighted by atomic mass is 19.2. The number of carbonyl (C=O) groups excluding carboxylic acids is 1. The van der Waals surface area contributed by atoms with Gasteiger partial charge in [0.2, 0.25) is 0 Å². The molecule has 0 heterocycles. The second-order valence-electron chi connectivity index (χ2n) is 6.63. The smallest absolute Gasteiger partial charge is 0.279 e. The number of ether oxygens (including phenoxy) is 1. The number of hydrogen-bond acceptors (Lipinski definition) is 2. The number of fused-ring (bicyclic) bond motifs is 1. The Morgan fingerprint density at radius 2 is 1.71 bits per heavy atom. The summed E-state index contributed by atoms with van der Waals surface area (Å²) in [4.78, 5) is 13.0. The minimum atomic E-state index is -1.61. The Balaban J connectivity index is 1.63. The lowest BCUT2D eigenvalue weighted by Gasteiger charge is -2.15. The average molecular weight is 389 g/mol. The highest BCUT2D eigenvalue weighted by molar-refractivity contribution is 5.91. The van der Waals surface area contributed by atoms with Crippen molar-refractivity contribution in [1.82, 2.24) is 0 Å². The molecule has 3 rings (SSSR count). The Labute approximate surface area is 160 Å². The van der Waals surface area contributed by atoms with Gasteiger partial charge in [-0.2, -0.15) is 0 Å². The number of methoxy groups -OCH3 is 1. The number of nitrogens with one attached hydrogen (secondary N) is 2. The first-order chi connectivity index (χ1) is 13.4. The van der Waals surface area contributed by atoms with Gasteiger partial charge in [-0.3, -0.25) is 4.79 Å². The van der Waals surface area contributed by atoms with E-state index >= 15 is 0 Å². The van der Waals surface area contributed by atoms with Crippen LogP contribution in [0.3, 0.4) is 0 Å². The Kier molecular flexibility index (Phi) is 5.84. The van der Waals surface area contributed by atoms with Gasteiger partial charge in [-0.15, -0.1) is 0 Å². The minimum Gasteiger partial charge on any atom is -0.497 e. The van der Waals surface area contributed by atoms with E-state index < -0.39 is 23.4 Å². The molecule has 0 aliphatic carbocycles. The van der Waals surface area contributed by atoms with Crippen LogP contribution in [0.2, 0.25) is 0 Å². The SMILES string of the molecule is COc1ccc2cc(C[NH+](C)CC(=O)Nc3ccc(F)c(F)c3F)ccc2c1. The molecule has 3 aromatic carbocycles. The molecule has 0 bridgehead atoms. The van der Waals surface area contributed by atoms with Crippen molar-refractivity contribution in [3.05, 3.63) is 71.5 Å². The maximum absolute atomic E-state index is 13.7. The van der Waals surface area contributed by atoms with Crippen LogP contribution in [-0.4, -0.2) is 26.6 Å². The van der Waals surface area contributed by atoms with Crippen molar-refractivity contribution in [2.75, 3.05) is 26.0 Å². The summed E-state index contributed by atoms with van der Waals surface area (Å²) in [5.41, 5.74) is 0.651. The molecule has 3 aromatic rings. The fraction of sp³-hybridized carbons (Fsp3) is 0.190. The van der Waals surface area contributed by atoms with Gasteiger partial charge < -0.3 is 15.0 Å². The third-order valence-electron chi connectivity index (χ3n) is 4.39. The van der Waals surface area contributed by atoms with Crippen LogP contribution in [0, 0.1) is 17.5 Å². The van der Waals surface area contributed by atoms with Crippen molar-refractivity contribution in [2.45, 2.75) is 6.54 Å². The molecule has 0 radical (unpaired) electrons. The summed E-state index contributed by atoms with van der Waals surface area (Å²) in [6.45, 7) is 0.606.